The first-order valence-electron chi connectivity index (χ1n) is 12.4. The summed E-state index contributed by atoms with van der Waals surface area (Å²) in [5.74, 6) is -0.263. The van der Waals surface area contributed by atoms with Crippen LogP contribution in [0, 0.1) is 0 Å². The second-order valence-electron chi connectivity index (χ2n) is 9.19. The van der Waals surface area contributed by atoms with Gasteiger partial charge < -0.3 is 25.4 Å². The molecule has 1 aliphatic heterocycles. The third kappa shape index (κ3) is 5.67. The highest BCUT2D eigenvalue weighted by Crippen LogP contribution is 2.44. The lowest BCUT2D eigenvalue weighted by atomic mass is 10.1. The third-order valence-corrected chi connectivity index (χ3v) is 7.68. The number of hydrogen-bond acceptors (Lipinski definition) is 7. The van der Waals surface area contributed by atoms with Crippen molar-refractivity contribution in [3.05, 3.63) is 71.1 Å². The van der Waals surface area contributed by atoms with Crippen molar-refractivity contribution in [2.45, 2.75) is 25.1 Å². The summed E-state index contributed by atoms with van der Waals surface area (Å²) in [6.07, 6.45) is -4.48. The summed E-state index contributed by atoms with van der Waals surface area (Å²) >= 11 is 0.764. The second kappa shape index (κ2) is 11.0. The van der Waals surface area contributed by atoms with Crippen LogP contribution in [-0.4, -0.2) is 48.2 Å². The molecule has 0 spiro atoms. The number of fused-ring (bicyclic) bond motifs is 1. The van der Waals surface area contributed by atoms with Crippen molar-refractivity contribution in [1.29, 1.82) is 0 Å². The minimum absolute atomic E-state index is 0.0162. The molecular formula is C28H25F3N4O4S. The number of alkyl halides is 3. The van der Waals surface area contributed by atoms with E-state index in [1.165, 1.54) is 7.11 Å². The minimum atomic E-state index is -4.73. The van der Waals surface area contributed by atoms with Gasteiger partial charge in [-0.1, -0.05) is 18.2 Å². The number of piperidine rings is 1. The van der Waals surface area contributed by atoms with E-state index in [0.29, 0.717) is 42.9 Å². The van der Waals surface area contributed by atoms with E-state index >= 15 is 0 Å². The lowest BCUT2D eigenvalue weighted by Gasteiger charge is -2.31. The lowest BCUT2D eigenvalue weighted by Crippen LogP contribution is -2.43. The van der Waals surface area contributed by atoms with E-state index in [4.69, 9.17) is 15.2 Å². The fraction of sp³-hybridized carbons (Fsp3) is 0.250. The summed E-state index contributed by atoms with van der Waals surface area (Å²) in [7, 11) is 1.49. The molecule has 1 saturated heterocycles. The zero-order chi connectivity index (χ0) is 28.4. The van der Waals surface area contributed by atoms with Crippen molar-refractivity contribution in [1.82, 2.24) is 9.88 Å². The Bertz CT molecular complexity index is 1530. The number of halogens is 3. The van der Waals surface area contributed by atoms with Gasteiger partial charge in [0.15, 0.2) is 0 Å². The summed E-state index contributed by atoms with van der Waals surface area (Å²) in [5, 5.41) is 2.49. The Hall–Kier alpha value is -4.32. The molecule has 0 aliphatic carbocycles. The number of amides is 2. The molecule has 0 unspecified atom stereocenters. The summed E-state index contributed by atoms with van der Waals surface area (Å²) < 4.78 is 53.0. The molecule has 12 heteroatoms. The number of rotatable bonds is 5. The number of methoxy groups -OCH3 is 1. The van der Waals surface area contributed by atoms with Crippen LogP contribution < -0.4 is 15.8 Å². The number of carbonyl (C=O) groups excluding carboxylic acids is 2. The van der Waals surface area contributed by atoms with Crippen molar-refractivity contribution >= 4 is 44.9 Å². The Labute approximate surface area is 231 Å². The van der Waals surface area contributed by atoms with Crippen LogP contribution >= 0.6 is 11.3 Å². The molecule has 1 aliphatic rings. The number of thiophene rings is 1. The number of para-hydroxylation sites is 1. The molecule has 8 nitrogen and oxygen atoms in total. The molecule has 40 heavy (non-hydrogen) atoms. The van der Waals surface area contributed by atoms with Gasteiger partial charge in [0.2, 0.25) is 0 Å². The number of nitrogens with two attached hydrogens (primary N) is 1. The van der Waals surface area contributed by atoms with E-state index in [2.05, 4.69) is 10.3 Å². The van der Waals surface area contributed by atoms with E-state index in [-0.39, 0.29) is 32.5 Å². The Kier molecular flexibility index (Phi) is 7.53. The van der Waals surface area contributed by atoms with Crippen LogP contribution in [0.2, 0.25) is 0 Å². The molecule has 0 radical (unpaired) electrons. The number of nitrogen functional groups attached to an aromatic ring is 1. The van der Waals surface area contributed by atoms with Crippen LogP contribution in [-0.2, 0) is 10.9 Å². The van der Waals surface area contributed by atoms with E-state index in [9.17, 15) is 22.8 Å². The Balaban J connectivity index is 1.33. The van der Waals surface area contributed by atoms with Crippen LogP contribution in [0.5, 0.6) is 5.75 Å². The smallest absolute Gasteiger partial charge is 0.417 e. The number of benzene rings is 2. The van der Waals surface area contributed by atoms with E-state index in [0.717, 1.165) is 17.4 Å². The predicted octanol–water partition coefficient (Wildman–Crippen LogP) is 6.43. The van der Waals surface area contributed by atoms with Crippen LogP contribution in [0.25, 0.3) is 21.5 Å². The summed E-state index contributed by atoms with van der Waals surface area (Å²) in [6, 6.07) is 16.1. The first-order chi connectivity index (χ1) is 19.1. The predicted molar refractivity (Wildman–Crippen MR) is 146 cm³/mol. The molecule has 2 aromatic heterocycles. The van der Waals surface area contributed by atoms with Crippen LogP contribution in [0.3, 0.4) is 0 Å². The Morgan fingerprint density at radius 2 is 1.75 bits per heavy atom. The fourth-order valence-corrected chi connectivity index (χ4v) is 5.51. The Morgan fingerprint density at radius 1 is 1.07 bits per heavy atom. The van der Waals surface area contributed by atoms with Gasteiger partial charge in [0.1, 0.15) is 21.6 Å². The number of esters is 1. The lowest BCUT2D eigenvalue weighted by molar-refractivity contribution is -0.136. The zero-order valence-electron chi connectivity index (χ0n) is 21.3. The second-order valence-corrected chi connectivity index (χ2v) is 10.2. The van der Waals surface area contributed by atoms with Crippen LogP contribution in [0.15, 0.2) is 60.7 Å². The van der Waals surface area contributed by atoms with E-state index < -0.39 is 23.8 Å². The highest BCUT2D eigenvalue weighted by atomic mass is 32.1. The van der Waals surface area contributed by atoms with Gasteiger partial charge in [-0.3, -0.25) is 0 Å². The van der Waals surface area contributed by atoms with E-state index in [1.807, 2.05) is 18.2 Å². The van der Waals surface area contributed by atoms with Gasteiger partial charge in [-0.05, 0) is 42.5 Å². The number of hydrogen-bond donors (Lipinski definition) is 2. The monoisotopic (exact) mass is 570 g/mol. The molecule has 4 aromatic rings. The molecule has 2 aromatic carbocycles. The van der Waals surface area contributed by atoms with Crippen molar-refractivity contribution in [2.24, 2.45) is 0 Å². The van der Waals surface area contributed by atoms with E-state index in [1.54, 1.807) is 41.3 Å². The molecule has 2 amide bonds. The topological polar surface area (TPSA) is 107 Å². The van der Waals surface area contributed by atoms with Crippen molar-refractivity contribution in [3.63, 3.8) is 0 Å². The molecule has 1 fully saturated rings. The molecular weight excluding hydrogens is 545 g/mol. The number of urea groups is 1. The molecule has 3 N–H and O–H groups in total. The van der Waals surface area contributed by atoms with Crippen LogP contribution in [0.1, 0.15) is 28.1 Å². The van der Waals surface area contributed by atoms with Crippen LogP contribution in [0.4, 0.5) is 29.3 Å². The number of likely N-dealkylation sites (tertiary alicyclic amines) is 1. The van der Waals surface area contributed by atoms with Gasteiger partial charge in [0.25, 0.3) is 0 Å². The SMILES string of the molecule is COc1ccc(-c2cc(C(F)(F)F)c3c(N)c(C(=O)OC4CCN(C(=O)Nc5ccccc5)CC4)sc3n2)cc1. The fourth-order valence-electron chi connectivity index (χ4n) is 4.51. The molecule has 0 atom stereocenters. The molecule has 5 rings (SSSR count). The maximum atomic E-state index is 14.1. The maximum absolute atomic E-state index is 14.1. The van der Waals surface area contributed by atoms with Gasteiger partial charge in [-0.2, -0.15) is 13.2 Å². The maximum Gasteiger partial charge on any atom is 0.417 e. The van der Waals surface area contributed by atoms with Crippen molar-refractivity contribution in [2.75, 3.05) is 31.2 Å². The molecule has 0 saturated carbocycles. The normalized spacial score (nSPS) is 14.2. The van der Waals surface area contributed by atoms with Gasteiger partial charge >= 0.3 is 18.2 Å². The molecule has 208 valence electrons. The van der Waals surface area contributed by atoms with Gasteiger partial charge in [-0.15, -0.1) is 11.3 Å². The number of carbonyl (C=O) groups is 2. The number of nitrogens with one attached hydrogen (secondary N) is 1. The summed E-state index contributed by atoms with van der Waals surface area (Å²) in [6.45, 7) is 0.701. The number of ether oxygens (including phenoxy) is 2. The average Bonchev–Trinajstić information content (AvgIpc) is 3.29. The van der Waals surface area contributed by atoms with Crippen molar-refractivity contribution < 1.29 is 32.2 Å². The summed E-state index contributed by atoms with van der Waals surface area (Å²) in [5.41, 5.74) is 6.01. The number of anilines is 2. The highest BCUT2D eigenvalue weighted by Gasteiger charge is 2.37. The number of pyridine rings is 1. The first-order valence-corrected chi connectivity index (χ1v) is 13.2. The Morgan fingerprint density at radius 3 is 2.38 bits per heavy atom. The average molecular weight is 571 g/mol. The summed E-state index contributed by atoms with van der Waals surface area (Å²) in [4.78, 5) is 31.4. The zero-order valence-corrected chi connectivity index (χ0v) is 22.1. The number of nitrogens with zero attached hydrogens (tertiary/aromatic N) is 2. The minimum Gasteiger partial charge on any atom is -0.497 e. The number of aromatic nitrogens is 1. The largest absolute Gasteiger partial charge is 0.497 e. The third-order valence-electron chi connectivity index (χ3n) is 6.60. The van der Waals surface area contributed by atoms with Gasteiger partial charge in [0.05, 0.1) is 24.1 Å². The van der Waals surface area contributed by atoms with Gasteiger partial charge in [0, 0.05) is 42.6 Å². The first kappa shape index (κ1) is 27.3. The highest BCUT2D eigenvalue weighted by molar-refractivity contribution is 7.21. The molecule has 3 heterocycles. The molecule has 0 bridgehead atoms. The van der Waals surface area contributed by atoms with Gasteiger partial charge in [-0.25, -0.2) is 14.6 Å². The standard InChI is InChI=1S/C28H25F3N4O4S/c1-38-18-9-7-16(8-10-18)21-15-20(28(29,30)31)22-23(32)24(40-25(22)34-21)26(36)39-19-11-13-35(14-12-19)27(37)33-17-5-3-2-4-6-17/h2-10,15,19H,11-14,32H2,1H3,(H,33,37). The quantitative estimate of drug-likeness (QED) is 0.268. The van der Waals surface area contributed by atoms with Crippen molar-refractivity contribution in [3.8, 4) is 17.0 Å².